The van der Waals surface area contributed by atoms with E-state index in [1.54, 1.807) is 38.1 Å². The Morgan fingerprint density at radius 2 is 1.79 bits per heavy atom. The highest BCUT2D eigenvalue weighted by Gasteiger charge is 2.27. The SMILES string of the molecule is Cc1cc(C(=O)Nc2cc(S(=O)(=O)N3CCCCC3)ccc2N(C)C)c(C)o1. The molecule has 1 aliphatic heterocycles. The second-order valence-electron chi connectivity index (χ2n) is 7.32. The minimum Gasteiger partial charge on any atom is -0.466 e. The number of sulfonamides is 1. The lowest BCUT2D eigenvalue weighted by Crippen LogP contribution is -2.35. The molecule has 28 heavy (non-hydrogen) atoms. The first kappa shape index (κ1) is 20.4. The first-order valence-electron chi connectivity index (χ1n) is 9.40. The zero-order chi connectivity index (χ0) is 20.5. The smallest absolute Gasteiger partial charge is 0.259 e. The molecule has 3 rings (SSSR count). The maximum absolute atomic E-state index is 13.0. The molecule has 1 aliphatic rings. The number of carbonyl (C=O) groups excluding carboxylic acids is 1. The van der Waals surface area contributed by atoms with Crippen LogP contribution in [0.3, 0.4) is 0 Å². The summed E-state index contributed by atoms with van der Waals surface area (Å²) in [5, 5.41) is 2.85. The number of benzene rings is 1. The van der Waals surface area contributed by atoms with Gasteiger partial charge < -0.3 is 14.6 Å². The topological polar surface area (TPSA) is 82.9 Å². The Morgan fingerprint density at radius 3 is 2.36 bits per heavy atom. The summed E-state index contributed by atoms with van der Waals surface area (Å²) in [6.07, 6.45) is 2.80. The van der Waals surface area contributed by atoms with Crippen LogP contribution in [0.4, 0.5) is 11.4 Å². The number of carbonyl (C=O) groups is 1. The van der Waals surface area contributed by atoms with Gasteiger partial charge in [-0.3, -0.25) is 4.79 Å². The molecular formula is C20H27N3O4S. The highest BCUT2D eigenvalue weighted by Crippen LogP contribution is 2.30. The van der Waals surface area contributed by atoms with Gasteiger partial charge in [0.05, 0.1) is 21.8 Å². The van der Waals surface area contributed by atoms with Crippen molar-refractivity contribution in [1.82, 2.24) is 4.31 Å². The van der Waals surface area contributed by atoms with E-state index in [0.29, 0.717) is 35.9 Å². The molecule has 8 heteroatoms. The van der Waals surface area contributed by atoms with Crippen LogP contribution in [0.1, 0.15) is 41.1 Å². The molecule has 0 unspecified atom stereocenters. The van der Waals surface area contributed by atoms with Crippen molar-refractivity contribution < 1.29 is 17.6 Å². The molecule has 7 nitrogen and oxygen atoms in total. The van der Waals surface area contributed by atoms with Crippen LogP contribution in [0.15, 0.2) is 33.6 Å². The summed E-state index contributed by atoms with van der Waals surface area (Å²) in [5.74, 6) is 0.848. The van der Waals surface area contributed by atoms with Crippen LogP contribution in [0.2, 0.25) is 0 Å². The third-order valence-electron chi connectivity index (χ3n) is 4.94. The number of nitrogens with zero attached hydrogens (tertiary/aromatic N) is 2. The van der Waals surface area contributed by atoms with Crippen molar-refractivity contribution in [3.63, 3.8) is 0 Å². The summed E-state index contributed by atoms with van der Waals surface area (Å²) in [5.41, 5.74) is 1.61. The summed E-state index contributed by atoms with van der Waals surface area (Å²) in [6.45, 7) is 4.58. The number of hydrogen-bond donors (Lipinski definition) is 1. The zero-order valence-electron chi connectivity index (χ0n) is 16.8. The number of anilines is 2. The van der Waals surface area contributed by atoms with Gasteiger partial charge in [0.25, 0.3) is 5.91 Å². The molecule has 2 aromatic rings. The fraction of sp³-hybridized carbons (Fsp3) is 0.450. The van der Waals surface area contributed by atoms with Gasteiger partial charge in [-0.1, -0.05) is 6.42 Å². The summed E-state index contributed by atoms with van der Waals surface area (Å²) in [4.78, 5) is 14.8. The minimum absolute atomic E-state index is 0.190. The van der Waals surface area contributed by atoms with Crippen LogP contribution < -0.4 is 10.2 Å². The third-order valence-corrected chi connectivity index (χ3v) is 6.83. The first-order chi connectivity index (χ1) is 13.2. The van der Waals surface area contributed by atoms with Crippen molar-refractivity contribution in [2.24, 2.45) is 0 Å². The predicted octanol–water partition coefficient (Wildman–Crippen LogP) is 3.39. The molecule has 0 saturated carbocycles. The lowest BCUT2D eigenvalue weighted by molar-refractivity contribution is 0.102. The molecule has 0 radical (unpaired) electrons. The Bertz CT molecular complexity index is 973. The number of aryl methyl sites for hydroxylation is 2. The molecule has 1 N–H and O–H groups in total. The highest BCUT2D eigenvalue weighted by molar-refractivity contribution is 7.89. The highest BCUT2D eigenvalue weighted by atomic mass is 32.2. The predicted molar refractivity (Wildman–Crippen MR) is 110 cm³/mol. The standard InChI is InChI=1S/C20H27N3O4S/c1-14-12-17(15(2)27-14)20(24)21-18-13-16(8-9-19(18)22(3)4)28(25,26)23-10-6-5-7-11-23/h8-9,12-13H,5-7,10-11H2,1-4H3,(H,21,24). The average Bonchev–Trinajstić information content (AvgIpc) is 3.00. The fourth-order valence-electron chi connectivity index (χ4n) is 3.47. The lowest BCUT2D eigenvalue weighted by atomic mass is 10.2. The van der Waals surface area contributed by atoms with Crippen LogP contribution in [-0.2, 0) is 10.0 Å². The van der Waals surface area contributed by atoms with E-state index in [1.165, 1.54) is 4.31 Å². The van der Waals surface area contributed by atoms with Crippen molar-refractivity contribution in [2.75, 3.05) is 37.4 Å². The first-order valence-corrected chi connectivity index (χ1v) is 10.8. The Morgan fingerprint density at radius 1 is 1.11 bits per heavy atom. The quantitative estimate of drug-likeness (QED) is 0.824. The number of hydrogen-bond acceptors (Lipinski definition) is 5. The molecule has 1 amide bonds. The van der Waals surface area contributed by atoms with E-state index in [4.69, 9.17) is 4.42 Å². The van der Waals surface area contributed by atoms with E-state index >= 15 is 0 Å². The van der Waals surface area contributed by atoms with Gasteiger partial charge in [0.1, 0.15) is 11.5 Å². The summed E-state index contributed by atoms with van der Waals surface area (Å²) in [6, 6.07) is 6.54. The summed E-state index contributed by atoms with van der Waals surface area (Å²) < 4.78 is 33.0. The van der Waals surface area contributed by atoms with E-state index in [9.17, 15) is 13.2 Å². The molecule has 1 aromatic carbocycles. The van der Waals surface area contributed by atoms with Crippen molar-refractivity contribution in [3.05, 3.63) is 41.3 Å². The monoisotopic (exact) mass is 405 g/mol. The van der Waals surface area contributed by atoms with E-state index in [1.807, 2.05) is 19.0 Å². The Hall–Kier alpha value is -2.32. The Kier molecular flexibility index (Phi) is 5.81. The van der Waals surface area contributed by atoms with Crippen LogP contribution >= 0.6 is 0 Å². The second-order valence-corrected chi connectivity index (χ2v) is 9.26. The van der Waals surface area contributed by atoms with Gasteiger partial charge in [-0.05, 0) is 51.0 Å². The van der Waals surface area contributed by atoms with Crippen LogP contribution in [0, 0.1) is 13.8 Å². The average molecular weight is 406 g/mol. The van der Waals surface area contributed by atoms with Gasteiger partial charge in [-0.2, -0.15) is 4.31 Å². The Balaban J connectivity index is 1.96. The largest absolute Gasteiger partial charge is 0.466 e. The summed E-state index contributed by atoms with van der Waals surface area (Å²) >= 11 is 0. The van der Waals surface area contributed by atoms with Crippen molar-refractivity contribution in [1.29, 1.82) is 0 Å². The van der Waals surface area contributed by atoms with E-state index < -0.39 is 10.0 Å². The minimum atomic E-state index is -3.59. The van der Waals surface area contributed by atoms with E-state index in [2.05, 4.69) is 5.32 Å². The number of nitrogens with one attached hydrogen (secondary N) is 1. The van der Waals surface area contributed by atoms with Crippen LogP contribution in [0.25, 0.3) is 0 Å². The van der Waals surface area contributed by atoms with E-state index in [-0.39, 0.29) is 10.8 Å². The number of furan rings is 1. The molecule has 1 fully saturated rings. The van der Waals surface area contributed by atoms with Gasteiger partial charge in [0, 0.05) is 27.2 Å². The van der Waals surface area contributed by atoms with Crippen molar-refractivity contribution >= 4 is 27.3 Å². The number of piperidine rings is 1. The van der Waals surface area contributed by atoms with Crippen molar-refractivity contribution in [2.45, 2.75) is 38.0 Å². The molecule has 1 aromatic heterocycles. The third kappa shape index (κ3) is 4.07. The molecule has 152 valence electrons. The fourth-order valence-corrected chi connectivity index (χ4v) is 5.01. The molecule has 0 spiro atoms. The van der Waals surface area contributed by atoms with Crippen molar-refractivity contribution in [3.8, 4) is 0 Å². The van der Waals surface area contributed by atoms with Gasteiger partial charge in [-0.15, -0.1) is 0 Å². The van der Waals surface area contributed by atoms with Gasteiger partial charge >= 0.3 is 0 Å². The summed E-state index contributed by atoms with van der Waals surface area (Å²) in [7, 11) is 0.102. The second kappa shape index (κ2) is 7.97. The molecule has 1 saturated heterocycles. The molecule has 2 heterocycles. The molecule has 0 aliphatic carbocycles. The maximum atomic E-state index is 13.0. The van der Waals surface area contributed by atoms with Gasteiger partial charge in [-0.25, -0.2) is 8.42 Å². The van der Waals surface area contributed by atoms with Crippen LogP contribution in [0.5, 0.6) is 0 Å². The molecular weight excluding hydrogens is 378 g/mol. The van der Waals surface area contributed by atoms with Crippen LogP contribution in [-0.4, -0.2) is 45.8 Å². The Labute approximate surface area is 166 Å². The lowest BCUT2D eigenvalue weighted by Gasteiger charge is -2.26. The molecule has 0 atom stereocenters. The number of amides is 1. The normalized spacial score (nSPS) is 15.4. The number of rotatable bonds is 5. The van der Waals surface area contributed by atoms with E-state index in [0.717, 1.165) is 24.9 Å². The molecule has 0 bridgehead atoms. The maximum Gasteiger partial charge on any atom is 0.259 e. The zero-order valence-corrected chi connectivity index (χ0v) is 17.6. The van der Waals surface area contributed by atoms with Gasteiger partial charge in [0.2, 0.25) is 10.0 Å². The van der Waals surface area contributed by atoms with Gasteiger partial charge in [0.15, 0.2) is 0 Å².